The largest absolute Gasteiger partial charge is 0.497 e. The number of hydrogen-bond donors (Lipinski definition) is 0. The summed E-state index contributed by atoms with van der Waals surface area (Å²) in [6.45, 7) is 0. The van der Waals surface area contributed by atoms with Gasteiger partial charge in [-0.3, -0.25) is 14.3 Å². The molecule has 0 saturated heterocycles. The van der Waals surface area contributed by atoms with E-state index in [-0.39, 0.29) is 18.0 Å². The summed E-state index contributed by atoms with van der Waals surface area (Å²) in [5.74, 6) is 0.237. The first-order chi connectivity index (χ1) is 9.10. The monoisotopic (exact) mass is 258 g/mol. The van der Waals surface area contributed by atoms with Gasteiger partial charge in [-0.2, -0.15) is 5.10 Å². The molecule has 0 aliphatic heterocycles. The fourth-order valence-electron chi connectivity index (χ4n) is 1.69. The first-order valence-electron chi connectivity index (χ1n) is 5.79. The maximum Gasteiger partial charge on any atom is 0.173 e. The summed E-state index contributed by atoms with van der Waals surface area (Å²) in [4.78, 5) is 23.8. The van der Waals surface area contributed by atoms with E-state index in [0.29, 0.717) is 16.9 Å². The van der Waals surface area contributed by atoms with E-state index >= 15 is 0 Å². The number of Topliss-reactive ketones (excluding diaryl/α,β-unsaturated/α-hetero) is 2. The lowest BCUT2D eigenvalue weighted by molar-refractivity contribution is 0.0894. The molecule has 19 heavy (non-hydrogen) atoms. The van der Waals surface area contributed by atoms with Gasteiger partial charge in [0.25, 0.3) is 0 Å². The van der Waals surface area contributed by atoms with Gasteiger partial charge in [0.15, 0.2) is 11.6 Å². The Morgan fingerprint density at radius 3 is 2.32 bits per heavy atom. The van der Waals surface area contributed by atoms with E-state index in [9.17, 15) is 9.59 Å². The zero-order valence-electron chi connectivity index (χ0n) is 10.8. The number of ketones is 2. The molecule has 5 heteroatoms. The van der Waals surface area contributed by atoms with E-state index in [1.165, 1.54) is 10.9 Å². The minimum absolute atomic E-state index is 0.155. The van der Waals surface area contributed by atoms with Gasteiger partial charge >= 0.3 is 0 Å². The average molecular weight is 258 g/mol. The van der Waals surface area contributed by atoms with Crippen molar-refractivity contribution in [2.75, 3.05) is 7.11 Å². The van der Waals surface area contributed by atoms with Crippen LogP contribution in [0.25, 0.3) is 0 Å². The molecular formula is C14H14N2O3. The Bertz CT molecular complexity index is 599. The maximum atomic E-state index is 11.9. The number of carbonyl (C=O) groups is 2. The number of benzene rings is 1. The van der Waals surface area contributed by atoms with E-state index in [4.69, 9.17) is 4.74 Å². The highest BCUT2D eigenvalue weighted by Gasteiger charge is 2.14. The Kier molecular flexibility index (Phi) is 3.75. The molecule has 1 heterocycles. The second-order valence-corrected chi connectivity index (χ2v) is 4.15. The first-order valence-corrected chi connectivity index (χ1v) is 5.79. The Morgan fingerprint density at radius 2 is 1.79 bits per heavy atom. The first kappa shape index (κ1) is 13.0. The summed E-state index contributed by atoms with van der Waals surface area (Å²) in [7, 11) is 3.28. The van der Waals surface area contributed by atoms with Crippen LogP contribution in [0.2, 0.25) is 0 Å². The molecule has 0 fully saturated rings. The molecule has 1 aromatic heterocycles. The van der Waals surface area contributed by atoms with Gasteiger partial charge in [-0.15, -0.1) is 0 Å². The van der Waals surface area contributed by atoms with Gasteiger partial charge in [-0.05, 0) is 24.3 Å². The minimum Gasteiger partial charge on any atom is -0.497 e. The van der Waals surface area contributed by atoms with Crippen LogP contribution < -0.4 is 4.74 Å². The number of nitrogens with zero attached hydrogens (tertiary/aromatic N) is 2. The third-order valence-electron chi connectivity index (χ3n) is 2.76. The Hall–Kier alpha value is -2.43. The molecule has 0 aliphatic rings. The summed E-state index contributed by atoms with van der Waals surface area (Å²) < 4.78 is 6.55. The summed E-state index contributed by atoms with van der Waals surface area (Å²) >= 11 is 0. The Balaban J connectivity index is 2.06. The van der Waals surface area contributed by atoms with E-state index in [1.54, 1.807) is 44.6 Å². The molecule has 0 unspecified atom stereocenters. The molecule has 2 rings (SSSR count). The molecule has 0 N–H and O–H groups in total. The lowest BCUT2D eigenvalue weighted by Crippen LogP contribution is -2.08. The summed E-state index contributed by atoms with van der Waals surface area (Å²) in [6, 6.07) is 6.69. The number of methoxy groups -OCH3 is 1. The quantitative estimate of drug-likeness (QED) is 0.607. The van der Waals surface area contributed by atoms with Gasteiger partial charge in [-0.25, -0.2) is 0 Å². The van der Waals surface area contributed by atoms with Crippen molar-refractivity contribution < 1.29 is 14.3 Å². The second kappa shape index (κ2) is 5.48. The summed E-state index contributed by atoms with van der Waals surface area (Å²) in [5.41, 5.74) is 0.947. The van der Waals surface area contributed by atoms with Crippen molar-refractivity contribution in [1.29, 1.82) is 0 Å². The number of ether oxygens (including phenoxy) is 1. The third-order valence-corrected chi connectivity index (χ3v) is 2.76. The SMILES string of the molecule is COc1ccc(C(=O)CC(=O)c2cnn(C)c2)cc1. The highest BCUT2D eigenvalue weighted by Crippen LogP contribution is 2.14. The van der Waals surface area contributed by atoms with Gasteiger partial charge in [0, 0.05) is 18.8 Å². The highest BCUT2D eigenvalue weighted by atomic mass is 16.5. The van der Waals surface area contributed by atoms with Gasteiger partial charge in [0.2, 0.25) is 0 Å². The van der Waals surface area contributed by atoms with Gasteiger partial charge in [0.05, 0.1) is 25.3 Å². The van der Waals surface area contributed by atoms with Crippen LogP contribution in [0, 0.1) is 0 Å². The molecule has 0 radical (unpaired) electrons. The fourth-order valence-corrected chi connectivity index (χ4v) is 1.69. The van der Waals surface area contributed by atoms with Crippen LogP contribution in [0.1, 0.15) is 27.1 Å². The second-order valence-electron chi connectivity index (χ2n) is 4.15. The average Bonchev–Trinajstić information content (AvgIpc) is 2.85. The smallest absolute Gasteiger partial charge is 0.173 e. The summed E-state index contributed by atoms with van der Waals surface area (Å²) in [6.07, 6.45) is 2.91. The predicted molar refractivity (Wildman–Crippen MR) is 69.5 cm³/mol. The Labute approximate surface area is 110 Å². The number of carbonyl (C=O) groups excluding carboxylic acids is 2. The molecule has 0 spiro atoms. The predicted octanol–water partition coefficient (Wildman–Crippen LogP) is 1.88. The van der Waals surface area contributed by atoms with Crippen molar-refractivity contribution in [1.82, 2.24) is 9.78 Å². The molecule has 1 aromatic carbocycles. The van der Waals surface area contributed by atoms with Crippen LogP contribution >= 0.6 is 0 Å². The van der Waals surface area contributed by atoms with E-state index in [2.05, 4.69) is 5.10 Å². The molecule has 0 amide bonds. The molecular weight excluding hydrogens is 244 g/mol. The van der Waals surface area contributed by atoms with Crippen LogP contribution in [0.3, 0.4) is 0 Å². The van der Waals surface area contributed by atoms with E-state index in [1.807, 2.05) is 0 Å². The number of aryl methyl sites for hydroxylation is 1. The van der Waals surface area contributed by atoms with Gasteiger partial charge in [0.1, 0.15) is 5.75 Å². The lowest BCUT2D eigenvalue weighted by Gasteiger charge is -2.02. The number of rotatable bonds is 5. The zero-order valence-corrected chi connectivity index (χ0v) is 10.8. The normalized spacial score (nSPS) is 10.2. The van der Waals surface area contributed by atoms with Crippen molar-refractivity contribution in [2.45, 2.75) is 6.42 Å². The van der Waals surface area contributed by atoms with Crippen LogP contribution in [0.5, 0.6) is 5.75 Å². The zero-order chi connectivity index (χ0) is 13.8. The van der Waals surface area contributed by atoms with Crippen molar-refractivity contribution in [3.05, 3.63) is 47.8 Å². The highest BCUT2D eigenvalue weighted by molar-refractivity contribution is 6.13. The van der Waals surface area contributed by atoms with Gasteiger partial charge in [-0.1, -0.05) is 0 Å². The standard InChI is InChI=1S/C14H14N2O3/c1-16-9-11(8-15-16)14(18)7-13(17)10-3-5-12(19-2)6-4-10/h3-6,8-9H,7H2,1-2H3. The fraction of sp³-hybridized carbons (Fsp3) is 0.214. The lowest BCUT2D eigenvalue weighted by atomic mass is 10.0. The van der Waals surface area contributed by atoms with Crippen molar-refractivity contribution >= 4 is 11.6 Å². The van der Waals surface area contributed by atoms with Crippen molar-refractivity contribution in [2.24, 2.45) is 7.05 Å². The van der Waals surface area contributed by atoms with Crippen LogP contribution in [-0.2, 0) is 7.05 Å². The van der Waals surface area contributed by atoms with Crippen LogP contribution in [0.4, 0.5) is 0 Å². The Morgan fingerprint density at radius 1 is 1.16 bits per heavy atom. The maximum absolute atomic E-state index is 11.9. The van der Waals surface area contributed by atoms with E-state index < -0.39 is 0 Å². The van der Waals surface area contributed by atoms with Gasteiger partial charge < -0.3 is 4.74 Å². The molecule has 0 aliphatic carbocycles. The molecule has 5 nitrogen and oxygen atoms in total. The van der Waals surface area contributed by atoms with Crippen molar-refractivity contribution in [3.63, 3.8) is 0 Å². The minimum atomic E-state index is -0.228. The van der Waals surface area contributed by atoms with Crippen LogP contribution in [0.15, 0.2) is 36.7 Å². The topological polar surface area (TPSA) is 61.2 Å². The molecule has 0 bridgehead atoms. The van der Waals surface area contributed by atoms with Crippen LogP contribution in [-0.4, -0.2) is 28.5 Å². The molecule has 2 aromatic rings. The third kappa shape index (κ3) is 3.07. The van der Waals surface area contributed by atoms with Crippen molar-refractivity contribution in [3.8, 4) is 5.75 Å². The number of hydrogen-bond acceptors (Lipinski definition) is 4. The van der Waals surface area contributed by atoms with E-state index in [0.717, 1.165) is 0 Å². The molecule has 0 saturated carbocycles. The molecule has 98 valence electrons. The molecule has 0 atom stereocenters. The number of aromatic nitrogens is 2. The summed E-state index contributed by atoms with van der Waals surface area (Å²) in [5, 5.41) is 3.91.